The van der Waals surface area contributed by atoms with Crippen molar-refractivity contribution >= 4 is 0 Å². The lowest BCUT2D eigenvalue weighted by atomic mass is 10.2. The van der Waals surface area contributed by atoms with Gasteiger partial charge in [-0.1, -0.05) is 6.92 Å². The predicted molar refractivity (Wildman–Crippen MR) is 62.7 cm³/mol. The minimum absolute atomic E-state index is 0.0893. The molecule has 0 radical (unpaired) electrons. The first-order valence-corrected chi connectivity index (χ1v) is 5.89. The molecule has 1 N–H and O–H groups in total. The Bertz CT molecular complexity index is 388. The van der Waals surface area contributed by atoms with Crippen LogP contribution in [0.4, 0.5) is 17.6 Å². The van der Waals surface area contributed by atoms with E-state index in [9.17, 15) is 17.6 Å². The summed E-state index contributed by atoms with van der Waals surface area (Å²) in [5, 5.41) is 3.07. The molecule has 0 saturated heterocycles. The van der Waals surface area contributed by atoms with E-state index in [2.05, 4.69) is 10.3 Å². The maximum atomic E-state index is 12.8. The molecule has 0 atom stereocenters. The molecule has 1 aromatic rings. The summed E-state index contributed by atoms with van der Waals surface area (Å²) in [5.41, 5.74) is 0.605. The first-order chi connectivity index (χ1) is 8.97. The number of nitrogens with zero attached hydrogens (tertiary/aromatic N) is 1. The number of rotatable bonds is 8. The van der Waals surface area contributed by atoms with Crippen LogP contribution in [0.15, 0.2) is 18.5 Å². The second-order valence-electron chi connectivity index (χ2n) is 4.01. The molecule has 0 saturated carbocycles. The average Bonchev–Trinajstić information content (AvgIpc) is 2.38. The Balaban J connectivity index is 2.62. The van der Waals surface area contributed by atoms with Crippen LogP contribution in [0.1, 0.15) is 18.9 Å². The lowest BCUT2D eigenvalue weighted by molar-refractivity contribution is -0.148. The predicted octanol–water partition coefficient (Wildman–Crippen LogP) is 2.86. The van der Waals surface area contributed by atoms with Crippen molar-refractivity contribution in [2.45, 2.75) is 32.2 Å². The third kappa shape index (κ3) is 5.02. The lowest BCUT2D eigenvalue weighted by Crippen LogP contribution is -2.34. The topological polar surface area (TPSA) is 34.2 Å². The van der Waals surface area contributed by atoms with Crippen LogP contribution in [0.25, 0.3) is 0 Å². The molecule has 0 aromatic carbocycles. The van der Waals surface area contributed by atoms with Gasteiger partial charge in [-0.3, -0.25) is 4.98 Å². The molecule has 0 aliphatic rings. The van der Waals surface area contributed by atoms with Gasteiger partial charge >= 0.3 is 12.3 Å². The van der Waals surface area contributed by atoms with E-state index in [0.717, 1.165) is 13.0 Å². The Hall–Kier alpha value is -1.37. The molecule has 0 unspecified atom stereocenters. The van der Waals surface area contributed by atoms with E-state index >= 15 is 0 Å². The van der Waals surface area contributed by atoms with Gasteiger partial charge in [0.2, 0.25) is 0 Å². The van der Waals surface area contributed by atoms with Crippen LogP contribution >= 0.6 is 0 Å². The van der Waals surface area contributed by atoms with Crippen LogP contribution < -0.4 is 10.1 Å². The molecule has 0 aliphatic carbocycles. The van der Waals surface area contributed by atoms with Crippen molar-refractivity contribution in [1.82, 2.24) is 10.3 Å². The van der Waals surface area contributed by atoms with E-state index in [-0.39, 0.29) is 5.75 Å². The van der Waals surface area contributed by atoms with E-state index in [1.807, 2.05) is 6.92 Å². The van der Waals surface area contributed by atoms with Crippen molar-refractivity contribution in [2.24, 2.45) is 0 Å². The number of halogens is 4. The smallest absolute Gasteiger partial charge is 0.340 e. The van der Waals surface area contributed by atoms with Crippen LogP contribution in [0.3, 0.4) is 0 Å². The number of nitrogens with one attached hydrogen (secondary N) is 1. The quantitative estimate of drug-likeness (QED) is 0.587. The number of aromatic nitrogens is 1. The molecule has 7 heteroatoms. The van der Waals surface area contributed by atoms with Crippen LogP contribution in [-0.4, -0.2) is 30.5 Å². The largest absolute Gasteiger partial charge is 0.485 e. The summed E-state index contributed by atoms with van der Waals surface area (Å²) >= 11 is 0. The zero-order valence-electron chi connectivity index (χ0n) is 10.5. The molecular weight excluding hydrogens is 264 g/mol. The molecule has 0 aliphatic heterocycles. The summed E-state index contributed by atoms with van der Waals surface area (Å²) in [4.78, 5) is 3.73. The van der Waals surface area contributed by atoms with Gasteiger partial charge in [0.25, 0.3) is 0 Å². The molecule has 1 heterocycles. The SMILES string of the molecule is CCCNCc1ccncc1OCC(F)(F)C(F)F. The van der Waals surface area contributed by atoms with Crippen molar-refractivity contribution in [2.75, 3.05) is 13.2 Å². The van der Waals surface area contributed by atoms with Crippen molar-refractivity contribution < 1.29 is 22.3 Å². The van der Waals surface area contributed by atoms with Gasteiger partial charge < -0.3 is 10.1 Å². The highest BCUT2D eigenvalue weighted by atomic mass is 19.3. The monoisotopic (exact) mass is 280 g/mol. The van der Waals surface area contributed by atoms with E-state index < -0.39 is 19.0 Å². The highest BCUT2D eigenvalue weighted by Gasteiger charge is 2.41. The maximum absolute atomic E-state index is 12.8. The minimum Gasteiger partial charge on any atom is -0.485 e. The van der Waals surface area contributed by atoms with Crippen molar-refractivity contribution in [3.8, 4) is 5.75 Å². The zero-order chi connectivity index (χ0) is 14.3. The first kappa shape index (κ1) is 15.7. The Morgan fingerprint density at radius 2 is 2.16 bits per heavy atom. The number of ether oxygens (including phenoxy) is 1. The number of hydrogen-bond acceptors (Lipinski definition) is 3. The summed E-state index contributed by atoms with van der Waals surface area (Å²) in [6, 6.07) is 1.60. The molecule has 1 rings (SSSR count). The Morgan fingerprint density at radius 3 is 2.79 bits per heavy atom. The molecule has 19 heavy (non-hydrogen) atoms. The van der Waals surface area contributed by atoms with Gasteiger partial charge in [0.15, 0.2) is 6.61 Å². The molecule has 1 aromatic heterocycles. The normalized spacial score (nSPS) is 11.9. The summed E-state index contributed by atoms with van der Waals surface area (Å²) in [6.07, 6.45) is -0.0955. The Morgan fingerprint density at radius 1 is 1.42 bits per heavy atom. The van der Waals surface area contributed by atoms with Crippen molar-refractivity contribution in [3.63, 3.8) is 0 Å². The van der Waals surface area contributed by atoms with Gasteiger partial charge in [-0.2, -0.15) is 8.78 Å². The molecule has 0 spiro atoms. The molecular formula is C12H16F4N2O. The van der Waals surface area contributed by atoms with Crippen LogP contribution in [0, 0.1) is 0 Å². The fourth-order valence-corrected chi connectivity index (χ4v) is 1.32. The fraction of sp³-hybridized carbons (Fsp3) is 0.583. The summed E-state index contributed by atoms with van der Waals surface area (Å²) in [5.74, 6) is -4.07. The highest BCUT2D eigenvalue weighted by molar-refractivity contribution is 5.29. The van der Waals surface area contributed by atoms with Crippen LogP contribution in [0.5, 0.6) is 5.75 Å². The van der Waals surface area contributed by atoms with Gasteiger partial charge in [0, 0.05) is 18.3 Å². The molecule has 0 bridgehead atoms. The second kappa shape index (κ2) is 7.28. The van der Waals surface area contributed by atoms with E-state index in [1.165, 1.54) is 12.4 Å². The van der Waals surface area contributed by atoms with Gasteiger partial charge in [-0.05, 0) is 19.0 Å². The number of alkyl halides is 4. The standard InChI is InChI=1S/C12H16F4N2O/c1-2-4-17-6-9-3-5-18-7-10(9)19-8-12(15,16)11(13)14/h3,5,7,11,17H,2,4,6,8H2,1H3. The van der Waals surface area contributed by atoms with Crippen molar-refractivity contribution in [3.05, 3.63) is 24.0 Å². The summed E-state index contributed by atoms with van der Waals surface area (Å²) < 4.78 is 54.3. The maximum Gasteiger partial charge on any atom is 0.340 e. The van der Waals surface area contributed by atoms with Gasteiger partial charge in [0.05, 0.1) is 6.20 Å². The average molecular weight is 280 g/mol. The third-order valence-electron chi connectivity index (χ3n) is 2.35. The second-order valence-corrected chi connectivity index (χ2v) is 4.01. The van der Waals surface area contributed by atoms with E-state index in [1.54, 1.807) is 6.07 Å². The third-order valence-corrected chi connectivity index (χ3v) is 2.35. The highest BCUT2D eigenvalue weighted by Crippen LogP contribution is 2.25. The number of hydrogen-bond donors (Lipinski definition) is 1. The van der Waals surface area contributed by atoms with Gasteiger partial charge in [0.1, 0.15) is 5.75 Å². The van der Waals surface area contributed by atoms with Gasteiger partial charge in [-0.25, -0.2) is 8.78 Å². The Labute approximate surface area is 109 Å². The van der Waals surface area contributed by atoms with E-state index in [0.29, 0.717) is 12.1 Å². The summed E-state index contributed by atoms with van der Waals surface area (Å²) in [7, 11) is 0. The van der Waals surface area contributed by atoms with Crippen molar-refractivity contribution in [1.29, 1.82) is 0 Å². The zero-order valence-corrected chi connectivity index (χ0v) is 10.5. The van der Waals surface area contributed by atoms with Crippen LogP contribution in [0.2, 0.25) is 0 Å². The minimum atomic E-state index is -4.16. The molecule has 108 valence electrons. The first-order valence-electron chi connectivity index (χ1n) is 5.89. The lowest BCUT2D eigenvalue weighted by Gasteiger charge is -2.17. The van der Waals surface area contributed by atoms with Crippen LogP contribution in [-0.2, 0) is 6.54 Å². The molecule has 0 amide bonds. The van der Waals surface area contributed by atoms with E-state index in [4.69, 9.17) is 4.74 Å². The summed E-state index contributed by atoms with van der Waals surface area (Å²) in [6.45, 7) is 1.79. The molecule has 0 fully saturated rings. The van der Waals surface area contributed by atoms with Gasteiger partial charge in [-0.15, -0.1) is 0 Å². The molecule has 3 nitrogen and oxygen atoms in total. The number of pyridine rings is 1. The Kier molecular flexibility index (Phi) is 6.01. The fourth-order valence-electron chi connectivity index (χ4n) is 1.32.